The first-order valence-corrected chi connectivity index (χ1v) is 9.35. The zero-order chi connectivity index (χ0) is 18.9. The van der Waals surface area contributed by atoms with Gasteiger partial charge in [-0.3, -0.25) is 9.55 Å². The fourth-order valence-corrected chi connectivity index (χ4v) is 3.68. The summed E-state index contributed by atoms with van der Waals surface area (Å²) in [6.45, 7) is 2.13. The number of para-hydroxylation sites is 3. The quantitative estimate of drug-likeness (QED) is 0.391. The van der Waals surface area contributed by atoms with Crippen molar-refractivity contribution >= 4 is 11.0 Å². The maximum absolute atomic E-state index is 4.99. The Labute approximate surface area is 164 Å². The second-order valence-electron chi connectivity index (χ2n) is 6.92. The van der Waals surface area contributed by atoms with Crippen LogP contribution in [0.1, 0.15) is 5.56 Å². The molecule has 0 bridgehead atoms. The fraction of sp³-hybridized carbons (Fsp3) is 0.0400. The highest BCUT2D eigenvalue weighted by molar-refractivity contribution is 5.84. The Kier molecular flexibility index (Phi) is 3.99. The van der Waals surface area contributed by atoms with Gasteiger partial charge in [0.2, 0.25) is 0 Å². The lowest BCUT2D eigenvalue weighted by Crippen LogP contribution is -1.98. The van der Waals surface area contributed by atoms with Gasteiger partial charge in [0.05, 0.1) is 11.0 Å². The third kappa shape index (κ3) is 2.87. The molecule has 0 aliphatic carbocycles. The summed E-state index contributed by atoms with van der Waals surface area (Å²) in [5.41, 5.74) is 7.84. The lowest BCUT2D eigenvalue weighted by Gasteiger charge is -2.12. The van der Waals surface area contributed by atoms with Crippen molar-refractivity contribution in [3.63, 3.8) is 0 Å². The van der Waals surface area contributed by atoms with Gasteiger partial charge in [-0.25, -0.2) is 4.98 Å². The summed E-state index contributed by atoms with van der Waals surface area (Å²) in [5.74, 6) is 0.950. The van der Waals surface area contributed by atoms with Crippen molar-refractivity contribution in [2.45, 2.75) is 6.92 Å². The average Bonchev–Trinajstić information content (AvgIpc) is 3.14. The van der Waals surface area contributed by atoms with Gasteiger partial charge in [0, 0.05) is 23.6 Å². The summed E-state index contributed by atoms with van der Waals surface area (Å²) in [4.78, 5) is 9.13. The molecule has 0 aliphatic heterocycles. The van der Waals surface area contributed by atoms with Crippen molar-refractivity contribution in [1.29, 1.82) is 0 Å². The van der Waals surface area contributed by atoms with Gasteiger partial charge in [-0.2, -0.15) is 0 Å². The molecule has 28 heavy (non-hydrogen) atoms. The molecule has 0 radical (unpaired) electrons. The number of nitrogens with zero attached hydrogens (tertiary/aromatic N) is 3. The van der Waals surface area contributed by atoms with E-state index >= 15 is 0 Å². The minimum atomic E-state index is 0.950. The van der Waals surface area contributed by atoms with Gasteiger partial charge in [0.25, 0.3) is 0 Å². The molecule has 5 aromatic rings. The zero-order valence-corrected chi connectivity index (χ0v) is 15.6. The molecule has 2 heterocycles. The molecule has 0 spiro atoms. The fourth-order valence-electron chi connectivity index (χ4n) is 3.68. The maximum atomic E-state index is 4.99. The molecule has 0 unspecified atom stereocenters. The molecule has 0 fully saturated rings. The van der Waals surface area contributed by atoms with Crippen LogP contribution in [-0.2, 0) is 0 Å². The molecule has 0 saturated heterocycles. The molecule has 0 aliphatic rings. The Bertz CT molecular complexity index is 1260. The summed E-state index contributed by atoms with van der Waals surface area (Å²) in [6.07, 6.45) is 3.66. The average molecular weight is 361 g/mol. The molecule has 3 heteroatoms. The predicted octanol–water partition coefficient (Wildman–Crippen LogP) is 6.06. The van der Waals surface area contributed by atoms with Gasteiger partial charge < -0.3 is 0 Å². The summed E-state index contributed by atoms with van der Waals surface area (Å²) in [5, 5.41) is 0. The lowest BCUT2D eigenvalue weighted by atomic mass is 10.0. The van der Waals surface area contributed by atoms with E-state index in [9.17, 15) is 0 Å². The van der Waals surface area contributed by atoms with E-state index in [1.165, 1.54) is 11.1 Å². The second-order valence-corrected chi connectivity index (χ2v) is 6.92. The minimum absolute atomic E-state index is 0.950. The third-order valence-electron chi connectivity index (χ3n) is 4.92. The van der Waals surface area contributed by atoms with Crippen molar-refractivity contribution < 1.29 is 0 Å². The Balaban J connectivity index is 1.78. The third-order valence-corrected chi connectivity index (χ3v) is 4.92. The number of hydrogen-bond donors (Lipinski definition) is 0. The highest BCUT2D eigenvalue weighted by Gasteiger charge is 2.15. The number of aryl methyl sites for hydroxylation is 1. The standard InChI is InChI=1S/C25H19N3/c1-18-15-20(19-11-13-26-14-12-19)17-21(16-18)25-27-23-9-5-6-10-24(23)28(25)22-7-3-2-4-8-22/h2-17H,1H3. The van der Waals surface area contributed by atoms with Crippen LogP contribution in [-0.4, -0.2) is 14.5 Å². The van der Waals surface area contributed by atoms with Crippen molar-refractivity contribution in [2.24, 2.45) is 0 Å². The molecule has 2 aromatic heterocycles. The molecule has 134 valence electrons. The van der Waals surface area contributed by atoms with E-state index in [4.69, 9.17) is 4.98 Å². The maximum Gasteiger partial charge on any atom is 0.145 e. The number of hydrogen-bond acceptors (Lipinski definition) is 2. The van der Waals surface area contributed by atoms with Crippen LogP contribution in [0.4, 0.5) is 0 Å². The van der Waals surface area contributed by atoms with E-state index in [1.54, 1.807) is 0 Å². The Hall–Kier alpha value is -3.72. The van der Waals surface area contributed by atoms with Gasteiger partial charge >= 0.3 is 0 Å². The second kappa shape index (κ2) is 6.78. The Morgan fingerprint density at radius 2 is 1.39 bits per heavy atom. The van der Waals surface area contributed by atoms with E-state index in [0.717, 1.165) is 33.7 Å². The number of pyridine rings is 1. The van der Waals surface area contributed by atoms with Crippen LogP contribution in [0, 0.1) is 6.92 Å². The highest BCUT2D eigenvalue weighted by atomic mass is 15.1. The molecule has 5 rings (SSSR count). The SMILES string of the molecule is Cc1cc(-c2ccncc2)cc(-c2nc3ccccc3n2-c2ccccc2)c1. The number of fused-ring (bicyclic) bond motifs is 1. The molecule has 0 atom stereocenters. The van der Waals surface area contributed by atoms with Crippen molar-refractivity contribution in [3.8, 4) is 28.2 Å². The monoisotopic (exact) mass is 361 g/mol. The predicted molar refractivity (Wildman–Crippen MR) is 114 cm³/mol. The summed E-state index contributed by atoms with van der Waals surface area (Å²) >= 11 is 0. The zero-order valence-electron chi connectivity index (χ0n) is 15.6. The Morgan fingerprint density at radius 3 is 2.21 bits per heavy atom. The van der Waals surface area contributed by atoms with Gasteiger partial charge in [0.1, 0.15) is 5.82 Å². The van der Waals surface area contributed by atoms with Gasteiger partial charge in [-0.15, -0.1) is 0 Å². The van der Waals surface area contributed by atoms with E-state index in [1.807, 2.05) is 36.7 Å². The van der Waals surface area contributed by atoms with Crippen LogP contribution in [0.15, 0.2) is 97.3 Å². The van der Waals surface area contributed by atoms with Crippen molar-refractivity contribution in [3.05, 3.63) is 103 Å². The molecular weight excluding hydrogens is 342 g/mol. The van der Waals surface area contributed by atoms with Gasteiger partial charge in [0.15, 0.2) is 0 Å². The molecular formula is C25H19N3. The number of imidazole rings is 1. The first kappa shape index (κ1) is 16.5. The Morgan fingerprint density at radius 1 is 0.679 bits per heavy atom. The highest BCUT2D eigenvalue weighted by Crippen LogP contribution is 2.32. The van der Waals surface area contributed by atoms with Crippen LogP contribution in [0.2, 0.25) is 0 Å². The van der Waals surface area contributed by atoms with Crippen LogP contribution in [0.3, 0.4) is 0 Å². The van der Waals surface area contributed by atoms with Crippen LogP contribution < -0.4 is 0 Å². The summed E-state index contributed by atoms with van der Waals surface area (Å²) in [6, 6.07) is 29.4. The number of aromatic nitrogens is 3. The minimum Gasteiger partial charge on any atom is -0.292 e. The molecule has 0 saturated carbocycles. The topological polar surface area (TPSA) is 30.7 Å². The van der Waals surface area contributed by atoms with Crippen molar-refractivity contribution in [1.82, 2.24) is 14.5 Å². The molecule has 0 amide bonds. The van der Waals surface area contributed by atoms with Gasteiger partial charge in [-0.05, 0) is 72.1 Å². The molecule has 0 N–H and O–H groups in total. The largest absolute Gasteiger partial charge is 0.292 e. The van der Waals surface area contributed by atoms with Crippen LogP contribution in [0.25, 0.3) is 39.2 Å². The number of rotatable bonds is 3. The van der Waals surface area contributed by atoms with E-state index < -0.39 is 0 Å². The smallest absolute Gasteiger partial charge is 0.145 e. The van der Waals surface area contributed by atoms with E-state index in [0.29, 0.717) is 0 Å². The van der Waals surface area contributed by atoms with E-state index in [2.05, 4.69) is 77.1 Å². The first-order valence-electron chi connectivity index (χ1n) is 9.35. The normalized spacial score (nSPS) is 11.0. The van der Waals surface area contributed by atoms with Crippen molar-refractivity contribution in [2.75, 3.05) is 0 Å². The van der Waals surface area contributed by atoms with Crippen LogP contribution >= 0.6 is 0 Å². The van der Waals surface area contributed by atoms with Crippen LogP contribution in [0.5, 0.6) is 0 Å². The molecule has 3 aromatic carbocycles. The summed E-state index contributed by atoms with van der Waals surface area (Å²) < 4.78 is 2.24. The summed E-state index contributed by atoms with van der Waals surface area (Å²) in [7, 11) is 0. The molecule has 3 nitrogen and oxygen atoms in total. The number of benzene rings is 3. The lowest BCUT2D eigenvalue weighted by molar-refractivity contribution is 1.10. The van der Waals surface area contributed by atoms with E-state index in [-0.39, 0.29) is 0 Å². The van der Waals surface area contributed by atoms with Gasteiger partial charge in [-0.1, -0.05) is 36.4 Å². The first-order chi connectivity index (χ1) is 13.8.